The lowest BCUT2D eigenvalue weighted by Gasteiger charge is -2.22. The van der Waals surface area contributed by atoms with Gasteiger partial charge in [-0.05, 0) is 6.42 Å². The summed E-state index contributed by atoms with van der Waals surface area (Å²) in [7, 11) is 0. The van der Waals surface area contributed by atoms with Crippen LogP contribution in [0.15, 0.2) is 12.4 Å². The standard InChI is InChI=1S/C10H13FIN3O/c1-8(11)10(16)7-14-4-5-15(12)3-2-9(14)6-13/h9H,1-5,7H2. The Morgan fingerprint density at radius 3 is 2.81 bits per heavy atom. The highest BCUT2D eigenvalue weighted by Gasteiger charge is 2.25. The van der Waals surface area contributed by atoms with Crippen molar-refractivity contribution in [2.75, 3.05) is 26.2 Å². The van der Waals surface area contributed by atoms with E-state index in [1.54, 1.807) is 4.90 Å². The van der Waals surface area contributed by atoms with Crippen LogP contribution < -0.4 is 0 Å². The number of carbonyl (C=O) groups is 1. The second kappa shape index (κ2) is 6.27. The van der Waals surface area contributed by atoms with Gasteiger partial charge in [-0.2, -0.15) is 5.26 Å². The van der Waals surface area contributed by atoms with E-state index >= 15 is 0 Å². The van der Waals surface area contributed by atoms with Crippen LogP contribution in [-0.2, 0) is 4.79 Å². The van der Waals surface area contributed by atoms with Crippen molar-refractivity contribution in [3.8, 4) is 6.07 Å². The zero-order chi connectivity index (χ0) is 12.1. The Hall–Kier alpha value is -0.520. The van der Waals surface area contributed by atoms with E-state index in [9.17, 15) is 9.18 Å². The Balaban J connectivity index is 2.64. The molecule has 0 saturated carbocycles. The number of Topliss-reactive ketones (excluding diaryl/α,β-unsaturated/α-hetero) is 1. The number of nitriles is 1. The van der Waals surface area contributed by atoms with Crippen molar-refractivity contribution in [1.29, 1.82) is 5.26 Å². The van der Waals surface area contributed by atoms with E-state index in [1.165, 1.54) is 0 Å². The van der Waals surface area contributed by atoms with Gasteiger partial charge in [-0.25, -0.2) is 7.50 Å². The van der Waals surface area contributed by atoms with Crippen LogP contribution in [0, 0.1) is 11.3 Å². The lowest BCUT2D eigenvalue weighted by molar-refractivity contribution is -0.118. The fraction of sp³-hybridized carbons (Fsp3) is 0.600. The summed E-state index contributed by atoms with van der Waals surface area (Å²) in [5, 5.41) is 8.98. The fourth-order valence-corrected chi connectivity index (χ4v) is 2.05. The molecule has 1 atom stereocenters. The first-order chi connectivity index (χ1) is 7.54. The van der Waals surface area contributed by atoms with Gasteiger partial charge in [0.25, 0.3) is 0 Å². The number of nitrogens with zero attached hydrogens (tertiary/aromatic N) is 3. The molecule has 4 nitrogen and oxygen atoms in total. The van der Waals surface area contributed by atoms with Crippen LogP contribution in [0.1, 0.15) is 6.42 Å². The van der Waals surface area contributed by atoms with E-state index < -0.39 is 11.6 Å². The summed E-state index contributed by atoms with van der Waals surface area (Å²) in [6, 6.07) is 1.83. The number of halogens is 2. The molecule has 88 valence electrons. The zero-order valence-electron chi connectivity index (χ0n) is 8.83. The Labute approximate surface area is 108 Å². The maximum atomic E-state index is 12.6. The molecule has 1 saturated heterocycles. The van der Waals surface area contributed by atoms with E-state index in [1.807, 2.05) is 0 Å². The summed E-state index contributed by atoms with van der Waals surface area (Å²) in [6.45, 7) is 5.09. The van der Waals surface area contributed by atoms with Gasteiger partial charge < -0.3 is 0 Å². The predicted molar refractivity (Wildman–Crippen MR) is 66.4 cm³/mol. The normalized spacial score (nSPS) is 23.4. The molecule has 0 aromatic heterocycles. The maximum Gasteiger partial charge on any atom is 0.204 e. The molecule has 1 unspecified atom stereocenters. The minimum Gasteiger partial charge on any atom is -0.290 e. The van der Waals surface area contributed by atoms with E-state index in [-0.39, 0.29) is 12.6 Å². The molecule has 0 aromatic rings. The van der Waals surface area contributed by atoms with Gasteiger partial charge in [0.1, 0.15) is 0 Å². The van der Waals surface area contributed by atoms with Crippen LogP contribution in [0.3, 0.4) is 0 Å². The van der Waals surface area contributed by atoms with Gasteiger partial charge >= 0.3 is 0 Å². The van der Waals surface area contributed by atoms with Gasteiger partial charge in [-0.3, -0.25) is 9.69 Å². The number of hydrogen-bond acceptors (Lipinski definition) is 4. The molecule has 1 fully saturated rings. The van der Waals surface area contributed by atoms with Gasteiger partial charge in [0, 0.05) is 42.5 Å². The average molecular weight is 337 g/mol. The zero-order valence-corrected chi connectivity index (χ0v) is 11.0. The molecule has 6 heteroatoms. The van der Waals surface area contributed by atoms with Crippen molar-refractivity contribution in [1.82, 2.24) is 8.01 Å². The Morgan fingerprint density at radius 2 is 2.25 bits per heavy atom. The molecular weight excluding hydrogens is 324 g/mol. The van der Waals surface area contributed by atoms with E-state index in [0.29, 0.717) is 13.0 Å². The highest BCUT2D eigenvalue weighted by Crippen LogP contribution is 2.14. The molecule has 0 spiro atoms. The second-order valence-corrected chi connectivity index (χ2v) is 5.01. The molecule has 0 bridgehead atoms. The third-order valence-electron chi connectivity index (χ3n) is 2.51. The maximum absolute atomic E-state index is 12.6. The number of carbonyl (C=O) groups excluding carboxylic acids is 1. The first-order valence-corrected chi connectivity index (χ1v) is 5.93. The molecule has 1 rings (SSSR count). The summed E-state index contributed by atoms with van der Waals surface area (Å²) < 4.78 is 14.7. The fourth-order valence-electron chi connectivity index (χ4n) is 1.56. The van der Waals surface area contributed by atoms with Crippen LogP contribution >= 0.6 is 22.9 Å². The van der Waals surface area contributed by atoms with Crippen molar-refractivity contribution in [3.63, 3.8) is 0 Å². The SMILES string of the molecule is C=C(F)C(=O)CN1CCN(I)CCC1C#N. The number of rotatable bonds is 3. The molecule has 0 radical (unpaired) electrons. The van der Waals surface area contributed by atoms with Crippen LogP contribution in [0.5, 0.6) is 0 Å². The third-order valence-corrected chi connectivity index (χ3v) is 3.48. The summed E-state index contributed by atoms with van der Waals surface area (Å²) in [5.74, 6) is -1.57. The van der Waals surface area contributed by atoms with E-state index in [2.05, 4.69) is 38.6 Å². The lowest BCUT2D eigenvalue weighted by Crippen LogP contribution is -2.39. The Kier molecular flexibility index (Phi) is 5.31. The van der Waals surface area contributed by atoms with Gasteiger partial charge in [0.2, 0.25) is 5.78 Å². The molecule has 0 aromatic carbocycles. The monoisotopic (exact) mass is 337 g/mol. The van der Waals surface area contributed by atoms with Crippen molar-refractivity contribution in [2.45, 2.75) is 12.5 Å². The average Bonchev–Trinajstić information content (AvgIpc) is 2.41. The number of hydrogen-bond donors (Lipinski definition) is 0. The third kappa shape index (κ3) is 3.81. The van der Waals surface area contributed by atoms with E-state index in [0.717, 1.165) is 13.1 Å². The summed E-state index contributed by atoms with van der Waals surface area (Å²) in [4.78, 5) is 12.9. The van der Waals surface area contributed by atoms with Crippen LogP contribution in [0.4, 0.5) is 4.39 Å². The predicted octanol–water partition coefficient (Wildman–Crippen LogP) is 1.29. The van der Waals surface area contributed by atoms with Gasteiger partial charge in [0.15, 0.2) is 5.83 Å². The minimum absolute atomic E-state index is 0.0575. The molecule has 0 N–H and O–H groups in total. The highest BCUT2D eigenvalue weighted by atomic mass is 127. The summed E-state index contributed by atoms with van der Waals surface area (Å²) in [6.07, 6.45) is 0.672. The second-order valence-electron chi connectivity index (χ2n) is 3.64. The Morgan fingerprint density at radius 1 is 1.56 bits per heavy atom. The topological polar surface area (TPSA) is 47.3 Å². The quantitative estimate of drug-likeness (QED) is 0.442. The van der Waals surface area contributed by atoms with Crippen molar-refractivity contribution >= 4 is 28.6 Å². The van der Waals surface area contributed by atoms with Crippen LogP contribution in [0.25, 0.3) is 0 Å². The first kappa shape index (κ1) is 13.5. The summed E-state index contributed by atoms with van der Waals surface area (Å²) >= 11 is 2.19. The molecule has 1 aliphatic rings. The van der Waals surface area contributed by atoms with Crippen molar-refractivity contribution in [3.05, 3.63) is 12.4 Å². The Bertz CT molecular complexity index is 329. The smallest absolute Gasteiger partial charge is 0.204 e. The van der Waals surface area contributed by atoms with Gasteiger partial charge in [-0.1, -0.05) is 6.58 Å². The highest BCUT2D eigenvalue weighted by molar-refractivity contribution is 14.1. The molecular formula is C10H13FIN3O. The summed E-state index contributed by atoms with van der Waals surface area (Å²) in [5.41, 5.74) is 0. The molecule has 0 aliphatic carbocycles. The molecule has 1 heterocycles. The lowest BCUT2D eigenvalue weighted by atomic mass is 10.2. The number of ketones is 1. The van der Waals surface area contributed by atoms with E-state index in [4.69, 9.17) is 5.26 Å². The first-order valence-electron chi connectivity index (χ1n) is 4.96. The van der Waals surface area contributed by atoms with Gasteiger partial charge in [-0.15, -0.1) is 0 Å². The van der Waals surface area contributed by atoms with Crippen LogP contribution in [0.2, 0.25) is 0 Å². The van der Waals surface area contributed by atoms with Crippen molar-refractivity contribution in [2.24, 2.45) is 0 Å². The largest absolute Gasteiger partial charge is 0.290 e. The van der Waals surface area contributed by atoms with Gasteiger partial charge in [0.05, 0.1) is 18.7 Å². The molecule has 16 heavy (non-hydrogen) atoms. The molecule has 0 amide bonds. The van der Waals surface area contributed by atoms with Crippen LogP contribution in [-0.4, -0.2) is 46.0 Å². The molecule has 1 aliphatic heterocycles. The van der Waals surface area contributed by atoms with Crippen molar-refractivity contribution < 1.29 is 9.18 Å². The minimum atomic E-state index is -0.938.